The number of hydrogen-bond donors (Lipinski definition) is 3. The number of H-pyrrole nitrogens is 1. The summed E-state index contributed by atoms with van der Waals surface area (Å²) in [6, 6.07) is 8.15. The second kappa shape index (κ2) is 7.21. The van der Waals surface area contributed by atoms with Gasteiger partial charge in [-0.15, -0.1) is 0 Å². The van der Waals surface area contributed by atoms with E-state index in [1.807, 2.05) is 0 Å². The van der Waals surface area contributed by atoms with Gasteiger partial charge in [0.15, 0.2) is 0 Å². The quantitative estimate of drug-likeness (QED) is 0.793. The second-order valence-corrected chi connectivity index (χ2v) is 5.91. The lowest BCUT2D eigenvalue weighted by molar-refractivity contribution is 0.0787. The van der Waals surface area contributed by atoms with Crippen LogP contribution in [0.5, 0.6) is 0 Å². The molecule has 25 heavy (non-hydrogen) atoms. The zero-order valence-electron chi connectivity index (χ0n) is 14.0. The fourth-order valence-electron chi connectivity index (χ4n) is 2.79. The van der Waals surface area contributed by atoms with Crippen LogP contribution in [0.25, 0.3) is 0 Å². The van der Waals surface area contributed by atoms with Crippen LogP contribution in [0.2, 0.25) is 0 Å². The first-order valence-corrected chi connectivity index (χ1v) is 8.19. The number of nitrogens with one attached hydrogen (secondary N) is 3. The summed E-state index contributed by atoms with van der Waals surface area (Å²) < 4.78 is 0. The Labute approximate surface area is 145 Å². The molecule has 0 saturated carbocycles. The highest BCUT2D eigenvalue weighted by Gasteiger charge is 2.21. The lowest BCUT2D eigenvalue weighted by Crippen LogP contribution is -2.27. The van der Waals surface area contributed by atoms with Crippen LogP contribution in [-0.4, -0.2) is 47.7 Å². The Bertz CT molecular complexity index is 789. The van der Waals surface area contributed by atoms with E-state index < -0.39 is 0 Å². The van der Waals surface area contributed by atoms with E-state index >= 15 is 0 Å². The zero-order valence-corrected chi connectivity index (χ0v) is 14.0. The van der Waals surface area contributed by atoms with Gasteiger partial charge in [-0.25, -0.2) is 0 Å². The normalized spacial score (nSPS) is 13.6. The van der Waals surface area contributed by atoms with Crippen LogP contribution in [0.1, 0.15) is 44.0 Å². The molecule has 2 heterocycles. The van der Waals surface area contributed by atoms with Crippen LogP contribution in [0.4, 0.5) is 5.69 Å². The number of amides is 3. The zero-order chi connectivity index (χ0) is 17.8. The topological polar surface area (TPSA) is 94.3 Å². The van der Waals surface area contributed by atoms with Crippen LogP contribution in [0.3, 0.4) is 0 Å². The van der Waals surface area contributed by atoms with Crippen molar-refractivity contribution >= 4 is 23.4 Å². The number of likely N-dealkylation sites (tertiary alicyclic amines) is 1. The van der Waals surface area contributed by atoms with Gasteiger partial charge in [0, 0.05) is 37.6 Å². The predicted molar refractivity (Wildman–Crippen MR) is 93.7 cm³/mol. The summed E-state index contributed by atoms with van der Waals surface area (Å²) in [6.07, 6.45) is 3.56. The molecular formula is C18H20N4O3. The van der Waals surface area contributed by atoms with Crippen LogP contribution in [0.15, 0.2) is 36.5 Å². The Hall–Kier alpha value is -3.09. The molecule has 1 aliphatic heterocycles. The molecule has 3 rings (SSSR count). The molecule has 0 unspecified atom stereocenters. The minimum Gasteiger partial charge on any atom is -0.356 e. The van der Waals surface area contributed by atoms with Crippen molar-refractivity contribution in [3.8, 4) is 0 Å². The van der Waals surface area contributed by atoms with Crippen LogP contribution in [0, 0.1) is 0 Å². The van der Waals surface area contributed by atoms with E-state index in [9.17, 15) is 14.4 Å². The van der Waals surface area contributed by atoms with E-state index in [1.165, 1.54) is 6.20 Å². The highest BCUT2D eigenvalue weighted by atomic mass is 16.2. The average Bonchev–Trinajstić information content (AvgIpc) is 3.33. The molecule has 130 valence electrons. The number of hydrogen-bond acceptors (Lipinski definition) is 3. The molecule has 0 aliphatic carbocycles. The molecule has 1 saturated heterocycles. The Morgan fingerprint density at radius 3 is 2.32 bits per heavy atom. The SMILES string of the molecule is CNC(=O)c1ccc(NC(=O)c2c[nH]c(C(=O)N3CCCC3)c2)cc1. The van der Waals surface area contributed by atoms with Crippen molar-refractivity contribution < 1.29 is 14.4 Å². The third-order valence-corrected chi connectivity index (χ3v) is 4.20. The molecule has 1 fully saturated rings. The van der Waals surface area contributed by atoms with Gasteiger partial charge in [0.25, 0.3) is 17.7 Å². The molecule has 0 bridgehead atoms. The molecule has 0 spiro atoms. The summed E-state index contributed by atoms with van der Waals surface area (Å²) in [5, 5.41) is 5.29. The second-order valence-electron chi connectivity index (χ2n) is 5.91. The number of carbonyl (C=O) groups is 3. The van der Waals surface area contributed by atoms with Crippen molar-refractivity contribution in [2.45, 2.75) is 12.8 Å². The Morgan fingerprint density at radius 2 is 1.68 bits per heavy atom. The number of carbonyl (C=O) groups excluding carboxylic acids is 3. The number of benzene rings is 1. The molecule has 0 radical (unpaired) electrons. The number of rotatable bonds is 4. The highest BCUT2D eigenvalue weighted by molar-refractivity contribution is 6.06. The standard InChI is InChI=1S/C18H20N4O3/c1-19-16(23)12-4-6-14(7-5-12)21-17(24)13-10-15(20-11-13)18(25)22-8-2-3-9-22/h4-7,10-11,20H,2-3,8-9H2,1H3,(H,19,23)(H,21,24). The molecule has 1 aliphatic rings. The van der Waals surface area contributed by atoms with E-state index in [2.05, 4.69) is 15.6 Å². The maximum absolute atomic E-state index is 12.3. The summed E-state index contributed by atoms with van der Waals surface area (Å²) in [5.41, 5.74) is 1.90. The van der Waals surface area contributed by atoms with Crippen molar-refractivity contribution in [2.75, 3.05) is 25.5 Å². The first kappa shape index (κ1) is 16.8. The minimum absolute atomic E-state index is 0.0773. The molecule has 0 atom stereocenters. The first-order chi connectivity index (χ1) is 12.1. The van der Waals surface area contributed by atoms with Gasteiger partial charge in [-0.1, -0.05) is 0 Å². The van der Waals surface area contributed by atoms with Gasteiger partial charge in [-0.2, -0.15) is 0 Å². The summed E-state index contributed by atoms with van der Waals surface area (Å²) >= 11 is 0. The van der Waals surface area contributed by atoms with Crippen LogP contribution in [-0.2, 0) is 0 Å². The molecule has 7 heteroatoms. The van der Waals surface area contributed by atoms with Gasteiger partial charge >= 0.3 is 0 Å². The van der Waals surface area contributed by atoms with Crippen molar-refractivity contribution in [3.05, 3.63) is 53.3 Å². The fourth-order valence-corrected chi connectivity index (χ4v) is 2.79. The Balaban J connectivity index is 1.65. The van der Waals surface area contributed by atoms with Gasteiger partial charge in [-0.3, -0.25) is 14.4 Å². The van der Waals surface area contributed by atoms with E-state index in [4.69, 9.17) is 0 Å². The van der Waals surface area contributed by atoms with Crippen molar-refractivity contribution in [3.63, 3.8) is 0 Å². The maximum atomic E-state index is 12.3. The summed E-state index contributed by atoms with van der Waals surface area (Å²) in [6.45, 7) is 1.52. The van der Waals surface area contributed by atoms with Gasteiger partial charge in [0.1, 0.15) is 5.69 Å². The maximum Gasteiger partial charge on any atom is 0.270 e. The number of anilines is 1. The van der Waals surface area contributed by atoms with Crippen molar-refractivity contribution in [2.24, 2.45) is 0 Å². The van der Waals surface area contributed by atoms with E-state index in [-0.39, 0.29) is 17.7 Å². The molecule has 3 amide bonds. The fraction of sp³-hybridized carbons (Fsp3) is 0.278. The van der Waals surface area contributed by atoms with Gasteiger partial charge in [0.2, 0.25) is 0 Å². The summed E-state index contributed by atoms with van der Waals surface area (Å²) in [4.78, 5) is 40.8. The van der Waals surface area contributed by atoms with Crippen LogP contribution < -0.4 is 10.6 Å². The lowest BCUT2D eigenvalue weighted by atomic mass is 10.2. The lowest BCUT2D eigenvalue weighted by Gasteiger charge is -2.13. The molecule has 7 nitrogen and oxygen atoms in total. The van der Waals surface area contributed by atoms with Gasteiger partial charge < -0.3 is 20.5 Å². The molecule has 3 N–H and O–H groups in total. The van der Waals surface area contributed by atoms with Crippen molar-refractivity contribution in [1.29, 1.82) is 0 Å². The Morgan fingerprint density at radius 1 is 1.00 bits per heavy atom. The van der Waals surface area contributed by atoms with E-state index in [0.717, 1.165) is 25.9 Å². The Kier molecular flexibility index (Phi) is 4.83. The number of aromatic nitrogens is 1. The third kappa shape index (κ3) is 3.71. The largest absolute Gasteiger partial charge is 0.356 e. The first-order valence-electron chi connectivity index (χ1n) is 8.19. The smallest absolute Gasteiger partial charge is 0.270 e. The number of aromatic amines is 1. The van der Waals surface area contributed by atoms with E-state index in [1.54, 1.807) is 42.3 Å². The van der Waals surface area contributed by atoms with Gasteiger partial charge in [-0.05, 0) is 43.2 Å². The monoisotopic (exact) mass is 340 g/mol. The van der Waals surface area contributed by atoms with Crippen LogP contribution >= 0.6 is 0 Å². The third-order valence-electron chi connectivity index (χ3n) is 4.20. The minimum atomic E-state index is -0.315. The predicted octanol–water partition coefficient (Wildman–Crippen LogP) is 1.86. The highest BCUT2D eigenvalue weighted by Crippen LogP contribution is 2.15. The van der Waals surface area contributed by atoms with E-state index in [0.29, 0.717) is 22.5 Å². The van der Waals surface area contributed by atoms with Gasteiger partial charge in [0.05, 0.1) is 5.56 Å². The molecule has 1 aromatic carbocycles. The molecule has 1 aromatic heterocycles. The molecular weight excluding hydrogens is 320 g/mol. The van der Waals surface area contributed by atoms with Crippen molar-refractivity contribution in [1.82, 2.24) is 15.2 Å². The average molecular weight is 340 g/mol. The summed E-state index contributed by atoms with van der Waals surface area (Å²) in [7, 11) is 1.56. The molecule has 2 aromatic rings. The number of nitrogens with zero attached hydrogens (tertiary/aromatic N) is 1. The summed E-state index contributed by atoms with van der Waals surface area (Å²) in [5.74, 6) is -0.579.